The van der Waals surface area contributed by atoms with Crippen LogP contribution in [-0.4, -0.2) is 62.1 Å². The average molecular weight is 280 g/mol. The average Bonchev–Trinajstić information content (AvgIpc) is 2.27. The van der Waals surface area contributed by atoms with Crippen molar-refractivity contribution in [1.29, 1.82) is 5.41 Å². The predicted molar refractivity (Wildman–Crippen MR) is 69.2 cm³/mol. The van der Waals surface area contributed by atoms with Crippen molar-refractivity contribution in [2.45, 2.75) is 19.0 Å². The summed E-state index contributed by atoms with van der Waals surface area (Å²) in [5.41, 5.74) is 5.05. The highest BCUT2D eigenvalue weighted by Gasteiger charge is 2.42. The Kier molecular flexibility index (Phi) is 5.61. The summed E-state index contributed by atoms with van der Waals surface area (Å²) in [5.74, 6) is -2.23. The van der Waals surface area contributed by atoms with Crippen molar-refractivity contribution < 1.29 is 13.2 Å². The van der Waals surface area contributed by atoms with Crippen LogP contribution in [-0.2, 0) is 0 Å². The van der Waals surface area contributed by atoms with Gasteiger partial charge in [0.1, 0.15) is 11.8 Å². The first-order valence-electron chi connectivity index (χ1n) is 6.48. The maximum atomic E-state index is 12.7. The van der Waals surface area contributed by atoms with Crippen LogP contribution in [0.3, 0.4) is 0 Å². The van der Waals surface area contributed by atoms with Crippen LogP contribution in [0.5, 0.6) is 0 Å². The third-order valence-corrected chi connectivity index (χ3v) is 3.67. The molecule has 1 heterocycles. The normalized spacial score (nSPS) is 20.7. The summed E-state index contributed by atoms with van der Waals surface area (Å²) in [4.78, 5) is 3.88. The van der Waals surface area contributed by atoms with Gasteiger partial charge in [0.25, 0.3) is 0 Å². The van der Waals surface area contributed by atoms with E-state index in [1.165, 1.54) is 0 Å². The van der Waals surface area contributed by atoms with E-state index in [0.29, 0.717) is 12.5 Å². The highest BCUT2D eigenvalue weighted by molar-refractivity contribution is 5.80. The van der Waals surface area contributed by atoms with Crippen LogP contribution in [0.1, 0.15) is 12.8 Å². The van der Waals surface area contributed by atoms with Crippen LogP contribution in [0.2, 0.25) is 0 Å². The number of hydrogen-bond acceptors (Lipinski definition) is 3. The largest absolute Gasteiger partial charge is 0.399 e. The molecular formula is C12H23F3N4. The number of halogens is 3. The molecule has 0 spiro atoms. The zero-order valence-corrected chi connectivity index (χ0v) is 11.5. The molecule has 112 valence electrons. The Labute approximate surface area is 112 Å². The molecule has 1 atom stereocenters. The quantitative estimate of drug-likeness (QED) is 0.591. The van der Waals surface area contributed by atoms with Crippen LogP contribution < -0.4 is 5.73 Å². The molecule has 0 bridgehead atoms. The van der Waals surface area contributed by atoms with Gasteiger partial charge in [-0.2, -0.15) is 13.2 Å². The van der Waals surface area contributed by atoms with E-state index in [0.717, 1.165) is 25.9 Å². The van der Waals surface area contributed by atoms with E-state index in [2.05, 4.69) is 11.9 Å². The van der Waals surface area contributed by atoms with Crippen molar-refractivity contribution in [3.63, 3.8) is 0 Å². The number of piperidine rings is 1. The molecule has 0 aromatic heterocycles. The highest BCUT2D eigenvalue weighted by Crippen LogP contribution is 2.27. The first-order chi connectivity index (χ1) is 8.70. The molecule has 4 nitrogen and oxygen atoms in total. The van der Waals surface area contributed by atoms with E-state index >= 15 is 0 Å². The van der Waals surface area contributed by atoms with Gasteiger partial charge in [0.2, 0.25) is 0 Å². The van der Waals surface area contributed by atoms with Gasteiger partial charge in [-0.15, -0.1) is 0 Å². The zero-order valence-electron chi connectivity index (χ0n) is 11.5. The van der Waals surface area contributed by atoms with E-state index in [-0.39, 0.29) is 6.54 Å². The summed E-state index contributed by atoms with van der Waals surface area (Å²) in [6.07, 6.45) is -2.41. The van der Waals surface area contributed by atoms with Crippen molar-refractivity contribution in [3.8, 4) is 0 Å². The molecule has 0 saturated carbocycles. The van der Waals surface area contributed by atoms with E-state index < -0.39 is 17.9 Å². The van der Waals surface area contributed by atoms with E-state index in [9.17, 15) is 13.2 Å². The van der Waals surface area contributed by atoms with Gasteiger partial charge in [0.05, 0.1) is 0 Å². The maximum Gasteiger partial charge on any atom is 0.399 e. The van der Waals surface area contributed by atoms with Crippen molar-refractivity contribution in [2.24, 2.45) is 17.6 Å². The minimum absolute atomic E-state index is 0.231. The minimum Gasteiger partial charge on any atom is -0.387 e. The van der Waals surface area contributed by atoms with Gasteiger partial charge in [-0.05, 0) is 45.9 Å². The van der Waals surface area contributed by atoms with Crippen molar-refractivity contribution in [3.05, 3.63) is 0 Å². The highest BCUT2D eigenvalue weighted by atomic mass is 19.4. The van der Waals surface area contributed by atoms with Gasteiger partial charge < -0.3 is 15.5 Å². The van der Waals surface area contributed by atoms with E-state index in [1.807, 2.05) is 0 Å². The van der Waals surface area contributed by atoms with E-state index in [1.54, 1.807) is 11.9 Å². The smallest absolute Gasteiger partial charge is 0.387 e. The van der Waals surface area contributed by atoms with Gasteiger partial charge in [-0.3, -0.25) is 5.41 Å². The molecule has 1 aliphatic rings. The molecule has 3 N–H and O–H groups in total. The van der Waals surface area contributed by atoms with Gasteiger partial charge in [-0.1, -0.05) is 0 Å². The Morgan fingerprint density at radius 2 is 1.95 bits per heavy atom. The fourth-order valence-electron chi connectivity index (χ4n) is 2.45. The lowest BCUT2D eigenvalue weighted by Gasteiger charge is -2.33. The molecule has 1 unspecified atom stereocenters. The van der Waals surface area contributed by atoms with Gasteiger partial charge in [0, 0.05) is 13.1 Å². The van der Waals surface area contributed by atoms with Crippen LogP contribution >= 0.6 is 0 Å². The molecule has 0 aliphatic carbocycles. The molecule has 1 fully saturated rings. The molecule has 0 aromatic carbocycles. The molecule has 19 heavy (non-hydrogen) atoms. The summed E-state index contributed by atoms with van der Waals surface area (Å²) >= 11 is 0. The first kappa shape index (κ1) is 16.2. The molecule has 1 saturated heterocycles. The Morgan fingerprint density at radius 1 is 1.42 bits per heavy atom. The summed E-state index contributed by atoms with van der Waals surface area (Å²) in [6.45, 7) is 2.39. The van der Waals surface area contributed by atoms with Crippen LogP contribution in [0.4, 0.5) is 13.2 Å². The summed E-state index contributed by atoms with van der Waals surface area (Å²) in [5, 5.41) is 7.07. The number of nitrogens with zero attached hydrogens (tertiary/aromatic N) is 2. The molecule has 7 heteroatoms. The number of hydrogen-bond donors (Lipinski definition) is 2. The van der Waals surface area contributed by atoms with E-state index in [4.69, 9.17) is 11.1 Å². The zero-order chi connectivity index (χ0) is 14.6. The Balaban J connectivity index is 2.45. The number of alkyl halides is 3. The number of rotatable bonds is 5. The van der Waals surface area contributed by atoms with Crippen LogP contribution in [0.15, 0.2) is 0 Å². The fourth-order valence-corrected chi connectivity index (χ4v) is 2.45. The Hall–Kier alpha value is -0.820. The van der Waals surface area contributed by atoms with Gasteiger partial charge in [0.15, 0.2) is 0 Å². The SMILES string of the molecule is CN1CCC(CN(C)CC(C(=N)N)C(F)(F)F)CC1. The lowest BCUT2D eigenvalue weighted by molar-refractivity contribution is -0.159. The number of likely N-dealkylation sites (tertiary alicyclic amines) is 1. The molecule has 1 rings (SSSR count). The maximum absolute atomic E-state index is 12.7. The number of amidine groups is 1. The van der Waals surface area contributed by atoms with Crippen LogP contribution in [0, 0.1) is 17.2 Å². The molecule has 1 aliphatic heterocycles. The fraction of sp³-hybridized carbons (Fsp3) is 0.917. The second kappa shape index (κ2) is 6.56. The molecule has 0 radical (unpaired) electrons. The van der Waals surface area contributed by atoms with Gasteiger partial charge >= 0.3 is 6.18 Å². The molecule has 0 aromatic rings. The van der Waals surface area contributed by atoms with Crippen molar-refractivity contribution in [1.82, 2.24) is 9.80 Å². The topological polar surface area (TPSA) is 56.4 Å². The number of nitrogens with one attached hydrogen (secondary N) is 1. The predicted octanol–water partition coefficient (Wildman–Crippen LogP) is 1.37. The van der Waals surface area contributed by atoms with Crippen LogP contribution in [0.25, 0.3) is 0 Å². The van der Waals surface area contributed by atoms with Crippen molar-refractivity contribution in [2.75, 3.05) is 40.3 Å². The third-order valence-electron chi connectivity index (χ3n) is 3.67. The number of nitrogens with two attached hydrogens (primary N) is 1. The first-order valence-corrected chi connectivity index (χ1v) is 6.48. The lowest BCUT2D eigenvalue weighted by Crippen LogP contribution is -2.44. The Bertz CT molecular complexity index is 298. The summed E-state index contributed by atoms with van der Waals surface area (Å²) in [6, 6.07) is 0. The molecular weight excluding hydrogens is 257 g/mol. The second-order valence-corrected chi connectivity index (χ2v) is 5.52. The molecule has 0 amide bonds. The van der Waals surface area contributed by atoms with Gasteiger partial charge in [-0.25, -0.2) is 0 Å². The standard InChI is InChI=1S/C12H23F3N4/c1-18-5-3-9(4-6-18)7-19(2)8-10(11(16)17)12(13,14)15/h9-10H,3-8H2,1-2H3,(H3,16,17). The minimum atomic E-state index is -4.44. The Morgan fingerprint density at radius 3 is 2.37 bits per heavy atom. The third kappa shape index (κ3) is 5.36. The van der Waals surface area contributed by atoms with Crippen molar-refractivity contribution >= 4 is 5.84 Å². The second-order valence-electron chi connectivity index (χ2n) is 5.52. The summed E-state index contributed by atoms with van der Waals surface area (Å²) < 4.78 is 38.1. The lowest BCUT2D eigenvalue weighted by atomic mass is 9.96. The summed E-state index contributed by atoms with van der Waals surface area (Å²) in [7, 11) is 3.72. The monoisotopic (exact) mass is 280 g/mol.